The van der Waals surface area contributed by atoms with Crippen LogP contribution in [0, 0.1) is 11.8 Å². The van der Waals surface area contributed by atoms with E-state index in [4.69, 9.17) is 4.74 Å². The third-order valence-electron chi connectivity index (χ3n) is 5.23. The number of nitrogens with zero attached hydrogens (tertiary/aromatic N) is 1. The predicted molar refractivity (Wildman–Crippen MR) is 106 cm³/mol. The van der Waals surface area contributed by atoms with Crippen molar-refractivity contribution in [3.05, 3.63) is 71.8 Å². The van der Waals surface area contributed by atoms with Crippen molar-refractivity contribution >= 4 is 11.9 Å². The Labute approximate surface area is 165 Å². The maximum atomic E-state index is 12.9. The molecule has 1 aliphatic rings. The third-order valence-corrected chi connectivity index (χ3v) is 5.23. The van der Waals surface area contributed by atoms with Crippen LogP contribution in [0.1, 0.15) is 31.4 Å². The molecule has 5 heteroatoms. The number of esters is 1. The Morgan fingerprint density at radius 1 is 0.964 bits per heavy atom. The number of rotatable bonds is 5. The number of benzene rings is 2. The number of amides is 1. The molecule has 2 atom stereocenters. The Kier molecular flexibility index (Phi) is 6.15. The van der Waals surface area contributed by atoms with Crippen molar-refractivity contribution in [3.63, 3.8) is 0 Å². The van der Waals surface area contributed by atoms with Gasteiger partial charge in [0.2, 0.25) is 5.60 Å². The Balaban J connectivity index is 1.76. The van der Waals surface area contributed by atoms with Gasteiger partial charge in [-0.2, -0.15) is 0 Å². The van der Waals surface area contributed by atoms with Crippen molar-refractivity contribution < 1.29 is 19.4 Å². The van der Waals surface area contributed by atoms with Crippen molar-refractivity contribution in [2.75, 3.05) is 19.7 Å². The summed E-state index contributed by atoms with van der Waals surface area (Å²) in [6.45, 7) is 5.20. The SMILES string of the molecule is C[C@@H]1C[C@H](C)CN(C(=O)COC(=O)C(O)(c2ccccc2)c2ccccc2)C1. The molecular weight excluding hydrogens is 354 g/mol. The number of ether oxygens (including phenoxy) is 1. The Hall–Kier alpha value is -2.66. The van der Waals surface area contributed by atoms with Crippen LogP contribution in [0.25, 0.3) is 0 Å². The highest BCUT2D eigenvalue weighted by Gasteiger charge is 2.42. The Morgan fingerprint density at radius 3 is 1.89 bits per heavy atom. The highest BCUT2D eigenvalue weighted by molar-refractivity contribution is 5.88. The highest BCUT2D eigenvalue weighted by atomic mass is 16.6. The van der Waals surface area contributed by atoms with Crippen LogP contribution < -0.4 is 0 Å². The molecular formula is C23H27NO4. The number of piperidine rings is 1. The van der Waals surface area contributed by atoms with Crippen molar-refractivity contribution in [2.45, 2.75) is 25.9 Å². The molecule has 28 heavy (non-hydrogen) atoms. The summed E-state index contributed by atoms with van der Waals surface area (Å²) in [7, 11) is 0. The normalized spacial score (nSPS) is 19.9. The summed E-state index contributed by atoms with van der Waals surface area (Å²) in [4.78, 5) is 27.2. The van der Waals surface area contributed by atoms with E-state index in [-0.39, 0.29) is 12.5 Å². The summed E-state index contributed by atoms with van der Waals surface area (Å²) in [5.41, 5.74) is -1.16. The van der Waals surface area contributed by atoms with Crippen molar-refractivity contribution in [1.82, 2.24) is 4.90 Å². The van der Waals surface area contributed by atoms with Crippen LogP contribution in [0.15, 0.2) is 60.7 Å². The van der Waals surface area contributed by atoms with Gasteiger partial charge in [0.1, 0.15) is 0 Å². The molecule has 5 nitrogen and oxygen atoms in total. The first-order chi connectivity index (χ1) is 13.4. The molecule has 0 spiro atoms. The lowest BCUT2D eigenvalue weighted by Crippen LogP contribution is -2.46. The van der Waals surface area contributed by atoms with Gasteiger partial charge in [0, 0.05) is 13.1 Å². The number of carbonyl (C=O) groups excluding carboxylic acids is 2. The van der Waals surface area contributed by atoms with Gasteiger partial charge < -0.3 is 14.7 Å². The lowest BCUT2D eigenvalue weighted by atomic mass is 9.86. The van der Waals surface area contributed by atoms with E-state index in [2.05, 4.69) is 13.8 Å². The molecule has 1 amide bonds. The first-order valence-electron chi connectivity index (χ1n) is 9.69. The Bertz CT molecular complexity index is 756. The predicted octanol–water partition coefficient (Wildman–Crippen LogP) is 2.97. The fourth-order valence-corrected chi connectivity index (χ4v) is 3.95. The molecule has 1 fully saturated rings. The topological polar surface area (TPSA) is 66.8 Å². The van der Waals surface area contributed by atoms with Gasteiger partial charge in [-0.3, -0.25) is 4.79 Å². The zero-order valence-electron chi connectivity index (χ0n) is 16.4. The van der Waals surface area contributed by atoms with Crippen molar-refractivity contribution in [3.8, 4) is 0 Å². The molecule has 0 aromatic heterocycles. The molecule has 0 saturated carbocycles. The molecule has 1 saturated heterocycles. The van der Waals surface area contributed by atoms with E-state index in [1.807, 2.05) is 12.1 Å². The minimum atomic E-state index is -1.97. The van der Waals surface area contributed by atoms with E-state index in [1.54, 1.807) is 53.4 Å². The van der Waals surface area contributed by atoms with Crippen LogP contribution in [0.2, 0.25) is 0 Å². The first kappa shape index (κ1) is 20.1. The molecule has 1 heterocycles. The van der Waals surface area contributed by atoms with Gasteiger partial charge in [-0.05, 0) is 29.4 Å². The summed E-state index contributed by atoms with van der Waals surface area (Å²) in [6.07, 6.45) is 1.09. The first-order valence-corrected chi connectivity index (χ1v) is 9.69. The molecule has 1 aliphatic heterocycles. The largest absolute Gasteiger partial charge is 0.453 e. The molecule has 0 radical (unpaired) electrons. The second kappa shape index (κ2) is 8.57. The van der Waals surface area contributed by atoms with E-state index < -0.39 is 11.6 Å². The molecule has 0 bridgehead atoms. The fourth-order valence-electron chi connectivity index (χ4n) is 3.95. The van der Waals surface area contributed by atoms with Gasteiger partial charge in [-0.1, -0.05) is 74.5 Å². The number of aliphatic hydroxyl groups is 1. The molecule has 148 valence electrons. The van der Waals surface area contributed by atoms with Gasteiger partial charge in [-0.15, -0.1) is 0 Å². The molecule has 2 aromatic rings. The number of likely N-dealkylation sites (tertiary alicyclic amines) is 1. The van der Waals surface area contributed by atoms with Crippen LogP contribution in [-0.2, 0) is 19.9 Å². The highest BCUT2D eigenvalue weighted by Crippen LogP contribution is 2.31. The summed E-state index contributed by atoms with van der Waals surface area (Å²) in [6, 6.07) is 17.3. The van der Waals surface area contributed by atoms with E-state index >= 15 is 0 Å². The minimum Gasteiger partial charge on any atom is -0.453 e. The van der Waals surface area contributed by atoms with Gasteiger partial charge in [0.25, 0.3) is 5.91 Å². The van der Waals surface area contributed by atoms with Crippen LogP contribution in [0.5, 0.6) is 0 Å². The lowest BCUT2D eigenvalue weighted by molar-refractivity contribution is -0.167. The summed E-state index contributed by atoms with van der Waals surface area (Å²) >= 11 is 0. The summed E-state index contributed by atoms with van der Waals surface area (Å²) in [5, 5.41) is 11.3. The number of carbonyl (C=O) groups is 2. The smallest absolute Gasteiger partial charge is 0.348 e. The summed E-state index contributed by atoms with van der Waals surface area (Å²) < 4.78 is 5.32. The monoisotopic (exact) mass is 381 g/mol. The van der Waals surface area contributed by atoms with Crippen LogP contribution >= 0.6 is 0 Å². The van der Waals surface area contributed by atoms with Crippen LogP contribution in [-0.4, -0.2) is 41.6 Å². The molecule has 1 N–H and O–H groups in total. The Morgan fingerprint density at radius 2 is 1.43 bits per heavy atom. The average Bonchev–Trinajstić information content (AvgIpc) is 2.71. The van der Waals surface area contributed by atoms with Gasteiger partial charge in [0.15, 0.2) is 6.61 Å². The van der Waals surface area contributed by atoms with Crippen molar-refractivity contribution in [1.29, 1.82) is 0 Å². The van der Waals surface area contributed by atoms with Gasteiger partial charge in [0.05, 0.1) is 0 Å². The molecule has 0 unspecified atom stereocenters. The van der Waals surface area contributed by atoms with E-state index in [0.717, 1.165) is 6.42 Å². The average molecular weight is 381 g/mol. The molecule has 0 aliphatic carbocycles. The second-order valence-electron chi connectivity index (χ2n) is 7.76. The molecule has 3 rings (SSSR count). The maximum absolute atomic E-state index is 12.9. The number of hydrogen-bond donors (Lipinski definition) is 1. The second-order valence-corrected chi connectivity index (χ2v) is 7.76. The zero-order chi connectivity index (χ0) is 20.1. The molecule has 2 aromatic carbocycles. The quantitative estimate of drug-likeness (QED) is 0.809. The maximum Gasteiger partial charge on any atom is 0.348 e. The van der Waals surface area contributed by atoms with E-state index in [9.17, 15) is 14.7 Å². The van der Waals surface area contributed by atoms with Crippen LogP contribution in [0.3, 0.4) is 0 Å². The minimum absolute atomic E-state index is 0.227. The fraction of sp³-hybridized carbons (Fsp3) is 0.391. The van der Waals surface area contributed by atoms with E-state index in [1.165, 1.54) is 0 Å². The number of hydrogen-bond acceptors (Lipinski definition) is 4. The van der Waals surface area contributed by atoms with Crippen LogP contribution in [0.4, 0.5) is 0 Å². The van der Waals surface area contributed by atoms with E-state index in [0.29, 0.717) is 36.1 Å². The lowest BCUT2D eigenvalue weighted by Gasteiger charge is -2.35. The van der Waals surface area contributed by atoms with Crippen molar-refractivity contribution in [2.24, 2.45) is 11.8 Å². The zero-order valence-corrected chi connectivity index (χ0v) is 16.4. The third kappa shape index (κ3) is 4.25. The standard InChI is InChI=1S/C23H27NO4/c1-17-13-18(2)15-24(14-17)21(25)16-28-22(26)23(27,19-9-5-3-6-10-19)20-11-7-4-8-12-20/h3-12,17-18,27H,13-16H2,1-2H3/t17-,18+. The van der Waals surface area contributed by atoms with Gasteiger partial charge >= 0.3 is 5.97 Å². The summed E-state index contributed by atoms with van der Waals surface area (Å²) in [5.74, 6) is -0.227. The van der Waals surface area contributed by atoms with Gasteiger partial charge in [-0.25, -0.2) is 4.79 Å².